The van der Waals surface area contributed by atoms with Crippen molar-refractivity contribution in [1.29, 1.82) is 0 Å². The Bertz CT molecular complexity index is 798. The highest BCUT2D eigenvalue weighted by Crippen LogP contribution is 2.40. The number of hydrogen-bond donors (Lipinski definition) is 1. The number of unbranched alkanes of at least 4 members (excludes halogenated alkanes) is 2. The molecule has 5 heteroatoms. The molecule has 0 spiro atoms. The van der Waals surface area contributed by atoms with Crippen molar-refractivity contribution in [3.63, 3.8) is 0 Å². The molecule has 0 saturated carbocycles. The standard InChI is InChI=1S/C26H33NO4/c1-31-24(28)17-9-4-10-18-27-19-11-16-23(27)20-26(25(29)30,21-12-5-2-6-13-21)22-14-7-3-8-15-22/h2-3,5-8,12-15,23H,4,9-11,16-20H2,1H3,(H,29,30). The van der Waals surface area contributed by atoms with Crippen molar-refractivity contribution in [2.75, 3.05) is 20.2 Å². The number of carboxylic acids is 1. The van der Waals surface area contributed by atoms with Crippen LogP contribution in [0.25, 0.3) is 0 Å². The summed E-state index contributed by atoms with van der Waals surface area (Å²) in [7, 11) is 1.42. The number of ether oxygens (including phenoxy) is 1. The van der Waals surface area contributed by atoms with Crippen LogP contribution in [0.3, 0.4) is 0 Å². The number of carbonyl (C=O) groups is 2. The van der Waals surface area contributed by atoms with Crippen LogP contribution < -0.4 is 0 Å². The van der Waals surface area contributed by atoms with E-state index in [-0.39, 0.29) is 12.0 Å². The van der Waals surface area contributed by atoms with E-state index >= 15 is 0 Å². The van der Waals surface area contributed by atoms with E-state index < -0.39 is 11.4 Å². The van der Waals surface area contributed by atoms with Gasteiger partial charge in [-0.2, -0.15) is 0 Å². The van der Waals surface area contributed by atoms with Crippen LogP contribution in [-0.4, -0.2) is 48.2 Å². The summed E-state index contributed by atoms with van der Waals surface area (Å²) < 4.78 is 4.70. The zero-order chi connectivity index (χ0) is 22.1. The second-order valence-electron chi connectivity index (χ2n) is 8.37. The van der Waals surface area contributed by atoms with Crippen LogP contribution in [0.15, 0.2) is 60.7 Å². The molecule has 0 radical (unpaired) electrons. The van der Waals surface area contributed by atoms with E-state index in [9.17, 15) is 14.7 Å². The van der Waals surface area contributed by atoms with Crippen molar-refractivity contribution in [3.8, 4) is 0 Å². The van der Waals surface area contributed by atoms with Gasteiger partial charge in [0.25, 0.3) is 0 Å². The van der Waals surface area contributed by atoms with Crippen LogP contribution in [0.4, 0.5) is 0 Å². The summed E-state index contributed by atoms with van der Waals surface area (Å²) in [5.41, 5.74) is 0.595. The maximum Gasteiger partial charge on any atom is 0.318 e. The molecule has 5 nitrogen and oxygen atoms in total. The molecule has 1 saturated heterocycles. The summed E-state index contributed by atoms with van der Waals surface area (Å²) in [6, 6.07) is 19.5. The highest BCUT2D eigenvalue weighted by molar-refractivity contribution is 5.86. The minimum atomic E-state index is -1.07. The number of nitrogens with zero attached hydrogens (tertiary/aromatic N) is 1. The first kappa shape index (κ1) is 23.0. The zero-order valence-electron chi connectivity index (χ0n) is 18.3. The van der Waals surface area contributed by atoms with E-state index in [0.29, 0.717) is 12.8 Å². The highest BCUT2D eigenvalue weighted by Gasteiger charge is 2.45. The third-order valence-corrected chi connectivity index (χ3v) is 6.49. The summed E-state index contributed by atoms with van der Waals surface area (Å²) in [5, 5.41) is 10.5. The van der Waals surface area contributed by atoms with Gasteiger partial charge in [-0.25, -0.2) is 0 Å². The van der Waals surface area contributed by atoms with E-state index in [0.717, 1.165) is 56.3 Å². The van der Waals surface area contributed by atoms with E-state index in [4.69, 9.17) is 4.74 Å². The lowest BCUT2D eigenvalue weighted by atomic mass is 9.70. The molecular weight excluding hydrogens is 390 g/mol. The second kappa shape index (κ2) is 11.1. The topological polar surface area (TPSA) is 66.8 Å². The number of aliphatic carboxylic acids is 1. The smallest absolute Gasteiger partial charge is 0.318 e. The number of rotatable bonds is 11. The summed E-state index contributed by atoms with van der Waals surface area (Å²) >= 11 is 0. The molecule has 2 aromatic carbocycles. The summed E-state index contributed by atoms with van der Waals surface area (Å²) in [5.74, 6) is -0.953. The maximum atomic E-state index is 12.8. The van der Waals surface area contributed by atoms with E-state index in [1.165, 1.54) is 7.11 Å². The minimum absolute atomic E-state index is 0.156. The molecular formula is C26H33NO4. The van der Waals surface area contributed by atoms with Crippen LogP contribution in [0.5, 0.6) is 0 Å². The third kappa shape index (κ3) is 5.53. The summed E-state index contributed by atoms with van der Waals surface area (Å²) in [4.78, 5) is 26.6. The van der Waals surface area contributed by atoms with Crippen molar-refractivity contribution in [3.05, 3.63) is 71.8 Å². The molecule has 0 aliphatic carbocycles. The molecule has 0 aromatic heterocycles. The van der Waals surface area contributed by atoms with Crippen molar-refractivity contribution in [2.24, 2.45) is 0 Å². The van der Waals surface area contributed by atoms with Gasteiger partial charge in [-0.3, -0.25) is 9.59 Å². The molecule has 31 heavy (non-hydrogen) atoms. The Labute approximate surface area is 185 Å². The van der Waals surface area contributed by atoms with E-state index in [1.807, 2.05) is 60.7 Å². The Morgan fingerprint density at radius 3 is 2.16 bits per heavy atom. The molecule has 1 atom stereocenters. The monoisotopic (exact) mass is 423 g/mol. The molecule has 1 aliphatic heterocycles. The van der Waals surface area contributed by atoms with E-state index in [1.54, 1.807) is 0 Å². The number of methoxy groups -OCH3 is 1. The first-order chi connectivity index (χ1) is 15.1. The molecule has 1 aliphatic rings. The van der Waals surface area contributed by atoms with Crippen LogP contribution in [0.1, 0.15) is 56.1 Å². The molecule has 166 valence electrons. The second-order valence-corrected chi connectivity index (χ2v) is 8.37. The molecule has 1 unspecified atom stereocenters. The van der Waals surface area contributed by atoms with Gasteiger partial charge < -0.3 is 14.7 Å². The number of benzene rings is 2. The van der Waals surface area contributed by atoms with Gasteiger partial charge in [0.2, 0.25) is 0 Å². The van der Waals surface area contributed by atoms with Gasteiger partial charge in [0, 0.05) is 12.5 Å². The normalized spacial score (nSPS) is 16.9. The lowest BCUT2D eigenvalue weighted by molar-refractivity contribution is -0.143. The number of esters is 1. The zero-order valence-corrected chi connectivity index (χ0v) is 18.3. The van der Waals surface area contributed by atoms with Crippen LogP contribution in [-0.2, 0) is 19.7 Å². The number of carboxylic acid groups (broad SMARTS) is 1. The van der Waals surface area contributed by atoms with Gasteiger partial charge in [-0.1, -0.05) is 67.1 Å². The maximum absolute atomic E-state index is 12.8. The first-order valence-electron chi connectivity index (χ1n) is 11.2. The Morgan fingerprint density at radius 1 is 1.00 bits per heavy atom. The molecule has 2 aromatic rings. The lowest BCUT2D eigenvalue weighted by Gasteiger charge is -2.36. The van der Waals surface area contributed by atoms with Crippen molar-refractivity contribution in [1.82, 2.24) is 4.90 Å². The van der Waals surface area contributed by atoms with Gasteiger partial charge in [0.1, 0.15) is 5.41 Å². The van der Waals surface area contributed by atoms with Crippen molar-refractivity contribution in [2.45, 2.75) is 56.4 Å². The van der Waals surface area contributed by atoms with E-state index in [2.05, 4.69) is 4.90 Å². The van der Waals surface area contributed by atoms with Crippen molar-refractivity contribution < 1.29 is 19.4 Å². The number of hydrogen-bond acceptors (Lipinski definition) is 4. The summed E-state index contributed by atoms with van der Waals surface area (Å²) in [6.45, 7) is 1.94. The lowest BCUT2D eigenvalue weighted by Crippen LogP contribution is -2.44. The molecule has 0 bridgehead atoms. The van der Waals surface area contributed by atoms with Crippen LogP contribution in [0, 0.1) is 0 Å². The number of carbonyl (C=O) groups excluding carboxylic acids is 1. The van der Waals surface area contributed by atoms with Crippen LogP contribution in [0.2, 0.25) is 0 Å². The quantitative estimate of drug-likeness (QED) is 0.421. The van der Waals surface area contributed by atoms with Crippen LogP contribution >= 0.6 is 0 Å². The molecule has 1 N–H and O–H groups in total. The van der Waals surface area contributed by atoms with Gasteiger partial charge in [-0.15, -0.1) is 0 Å². The Balaban J connectivity index is 1.76. The third-order valence-electron chi connectivity index (χ3n) is 6.49. The predicted octanol–water partition coefficient (Wildman–Crippen LogP) is 4.65. The Kier molecular flexibility index (Phi) is 8.24. The van der Waals surface area contributed by atoms with Gasteiger partial charge in [0.05, 0.1) is 7.11 Å². The fourth-order valence-electron chi connectivity index (χ4n) is 4.82. The summed E-state index contributed by atoms with van der Waals surface area (Å²) in [6.07, 6.45) is 5.92. The largest absolute Gasteiger partial charge is 0.480 e. The first-order valence-corrected chi connectivity index (χ1v) is 11.2. The molecule has 0 amide bonds. The van der Waals surface area contributed by atoms with Gasteiger partial charge in [0.15, 0.2) is 0 Å². The number of likely N-dealkylation sites (tertiary alicyclic amines) is 1. The molecule has 1 heterocycles. The highest BCUT2D eigenvalue weighted by atomic mass is 16.5. The van der Waals surface area contributed by atoms with Gasteiger partial charge >= 0.3 is 11.9 Å². The Morgan fingerprint density at radius 2 is 1.61 bits per heavy atom. The Hall–Kier alpha value is -2.66. The average Bonchev–Trinajstić information content (AvgIpc) is 3.24. The van der Waals surface area contributed by atoms with Gasteiger partial charge in [-0.05, 0) is 56.3 Å². The molecule has 1 fully saturated rings. The predicted molar refractivity (Wildman–Crippen MR) is 121 cm³/mol. The molecule has 3 rings (SSSR count). The average molecular weight is 424 g/mol. The SMILES string of the molecule is COC(=O)CCCCCN1CCCC1CC(C(=O)O)(c1ccccc1)c1ccccc1. The fraction of sp³-hybridized carbons (Fsp3) is 0.462. The fourth-order valence-corrected chi connectivity index (χ4v) is 4.82. The minimum Gasteiger partial charge on any atom is -0.480 e. The van der Waals surface area contributed by atoms with Crippen molar-refractivity contribution >= 4 is 11.9 Å².